The van der Waals surface area contributed by atoms with Gasteiger partial charge in [0.1, 0.15) is 11.4 Å². The number of hydrogen-bond acceptors (Lipinski definition) is 6. The van der Waals surface area contributed by atoms with Gasteiger partial charge < -0.3 is 20.2 Å². The molecule has 0 amide bonds. The number of aryl methyl sites for hydroxylation is 1. The van der Waals surface area contributed by atoms with Gasteiger partial charge in [0.25, 0.3) is 0 Å². The van der Waals surface area contributed by atoms with Crippen LogP contribution in [-0.4, -0.2) is 53.7 Å². The first-order chi connectivity index (χ1) is 14.0. The van der Waals surface area contributed by atoms with E-state index >= 15 is 0 Å². The number of aliphatic hydroxyl groups is 1. The summed E-state index contributed by atoms with van der Waals surface area (Å²) in [7, 11) is 0. The van der Waals surface area contributed by atoms with Gasteiger partial charge in [-0.1, -0.05) is 0 Å². The second kappa shape index (κ2) is 10.2. The summed E-state index contributed by atoms with van der Waals surface area (Å²) in [6.45, 7) is 10.9. The number of aromatic nitrogens is 1. The summed E-state index contributed by atoms with van der Waals surface area (Å²) >= 11 is 1.72. The molecule has 1 saturated heterocycles. The number of furan rings is 1. The Labute approximate surface area is 177 Å². The number of hydrogen-bond donors (Lipinski definition) is 3. The van der Waals surface area contributed by atoms with E-state index in [-0.39, 0.29) is 6.54 Å². The van der Waals surface area contributed by atoms with Crippen LogP contribution in [0.4, 0.5) is 0 Å². The molecule has 1 fully saturated rings. The fourth-order valence-corrected chi connectivity index (χ4v) is 4.14. The Kier molecular flexibility index (Phi) is 7.69. The molecule has 8 heteroatoms. The van der Waals surface area contributed by atoms with Gasteiger partial charge in [0.15, 0.2) is 5.96 Å². The average molecular weight is 420 g/mol. The second-order valence-electron chi connectivity index (χ2n) is 7.90. The normalized spacial score (nSPS) is 18.6. The third-order valence-electron chi connectivity index (χ3n) is 5.26. The predicted molar refractivity (Wildman–Crippen MR) is 117 cm³/mol. The Hall–Kier alpha value is -1.90. The van der Waals surface area contributed by atoms with E-state index in [0.29, 0.717) is 11.7 Å². The van der Waals surface area contributed by atoms with E-state index < -0.39 is 5.60 Å². The smallest absolute Gasteiger partial charge is 0.191 e. The molecule has 2 aromatic heterocycles. The Bertz CT molecular complexity index is 764. The molecular formula is C21H33N5O2S. The summed E-state index contributed by atoms with van der Waals surface area (Å²) in [5, 5.41) is 20.6. The van der Waals surface area contributed by atoms with Gasteiger partial charge in [-0.3, -0.25) is 4.90 Å². The van der Waals surface area contributed by atoms with Gasteiger partial charge in [-0.25, -0.2) is 9.98 Å². The maximum atomic E-state index is 10.6. The molecule has 3 N–H and O–H groups in total. The molecule has 3 rings (SSSR count). The van der Waals surface area contributed by atoms with Crippen LogP contribution in [-0.2, 0) is 12.1 Å². The van der Waals surface area contributed by atoms with Crippen molar-refractivity contribution in [1.82, 2.24) is 20.5 Å². The van der Waals surface area contributed by atoms with E-state index in [4.69, 9.17) is 4.42 Å². The minimum Gasteiger partial charge on any atom is -0.466 e. The highest BCUT2D eigenvalue weighted by Crippen LogP contribution is 2.21. The van der Waals surface area contributed by atoms with Crippen LogP contribution in [0.25, 0.3) is 0 Å². The Morgan fingerprint density at radius 1 is 1.41 bits per heavy atom. The highest BCUT2D eigenvalue weighted by Gasteiger charge is 2.26. The Morgan fingerprint density at radius 2 is 2.21 bits per heavy atom. The van der Waals surface area contributed by atoms with Crippen molar-refractivity contribution in [3.05, 3.63) is 40.2 Å². The zero-order valence-electron chi connectivity index (χ0n) is 17.6. The molecule has 0 aromatic carbocycles. The summed E-state index contributed by atoms with van der Waals surface area (Å²) in [5.74, 6) is 1.89. The van der Waals surface area contributed by atoms with Crippen molar-refractivity contribution >= 4 is 17.3 Å². The van der Waals surface area contributed by atoms with Crippen molar-refractivity contribution in [3.63, 3.8) is 0 Å². The van der Waals surface area contributed by atoms with E-state index in [1.165, 1.54) is 18.5 Å². The molecule has 29 heavy (non-hydrogen) atoms. The van der Waals surface area contributed by atoms with Crippen molar-refractivity contribution in [1.29, 1.82) is 0 Å². The molecule has 0 bridgehead atoms. The van der Waals surface area contributed by atoms with Crippen molar-refractivity contribution in [2.75, 3.05) is 32.7 Å². The molecule has 0 radical (unpaired) electrons. The van der Waals surface area contributed by atoms with Gasteiger partial charge in [0.05, 0.1) is 23.5 Å². The Morgan fingerprint density at radius 3 is 2.83 bits per heavy atom. The summed E-state index contributed by atoms with van der Waals surface area (Å²) < 4.78 is 5.33. The number of thiazole rings is 1. The first-order valence-electron chi connectivity index (χ1n) is 10.4. The highest BCUT2D eigenvalue weighted by molar-refractivity contribution is 7.09. The molecule has 1 atom stereocenters. The topological polar surface area (TPSA) is 85.9 Å². The van der Waals surface area contributed by atoms with Crippen LogP contribution in [0.5, 0.6) is 0 Å². The third-order valence-corrected chi connectivity index (χ3v) is 6.08. The second-order valence-corrected chi connectivity index (χ2v) is 8.97. The van der Waals surface area contributed by atoms with Crippen LogP contribution < -0.4 is 10.6 Å². The van der Waals surface area contributed by atoms with Crippen LogP contribution in [0, 0.1) is 12.8 Å². The van der Waals surface area contributed by atoms with Gasteiger partial charge in [-0.05, 0) is 64.8 Å². The number of rotatable bonds is 8. The van der Waals surface area contributed by atoms with E-state index in [2.05, 4.69) is 37.8 Å². The lowest BCUT2D eigenvalue weighted by Gasteiger charge is -2.31. The molecule has 1 aliphatic heterocycles. The zero-order valence-corrected chi connectivity index (χ0v) is 18.5. The van der Waals surface area contributed by atoms with Crippen molar-refractivity contribution in [3.8, 4) is 0 Å². The molecule has 2 aromatic rings. The van der Waals surface area contributed by atoms with Gasteiger partial charge in [0, 0.05) is 25.0 Å². The van der Waals surface area contributed by atoms with Crippen LogP contribution in [0.3, 0.4) is 0 Å². The van der Waals surface area contributed by atoms with Gasteiger partial charge in [-0.15, -0.1) is 11.3 Å². The largest absolute Gasteiger partial charge is 0.466 e. The zero-order chi connectivity index (χ0) is 20.7. The van der Waals surface area contributed by atoms with E-state index in [0.717, 1.165) is 43.7 Å². The van der Waals surface area contributed by atoms with Crippen molar-refractivity contribution in [2.24, 2.45) is 10.9 Å². The van der Waals surface area contributed by atoms with E-state index in [1.807, 2.05) is 6.92 Å². The lowest BCUT2D eigenvalue weighted by Crippen LogP contribution is -2.43. The monoisotopic (exact) mass is 419 g/mol. The van der Waals surface area contributed by atoms with Crippen molar-refractivity contribution < 1.29 is 9.52 Å². The molecule has 3 heterocycles. The maximum absolute atomic E-state index is 10.6. The quantitative estimate of drug-likeness (QED) is 0.451. The van der Waals surface area contributed by atoms with Crippen LogP contribution >= 0.6 is 11.3 Å². The first-order valence-corrected chi connectivity index (χ1v) is 11.3. The number of nitrogens with one attached hydrogen (secondary N) is 2. The number of piperidine rings is 1. The number of likely N-dealkylation sites (tertiary alicyclic amines) is 1. The van der Waals surface area contributed by atoms with Crippen LogP contribution in [0.15, 0.2) is 33.2 Å². The van der Waals surface area contributed by atoms with E-state index in [1.54, 1.807) is 36.7 Å². The van der Waals surface area contributed by atoms with E-state index in [9.17, 15) is 5.11 Å². The highest BCUT2D eigenvalue weighted by atomic mass is 32.1. The molecule has 0 spiro atoms. The van der Waals surface area contributed by atoms with Crippen LogP contribution in [0.2, 0.25) is 0 Å². The third kappa shape index (κ3) is 6.55. The summed E-state index contributed by atoms with van der Waals surface area (Å²) in [5.41, 5.74) is 0.0693. The Balaban J connectivity index is 1.44. The van der Waals surface area contributed by atoms with Crippen LogP contribution in [0.1, 0.15) is 43.2 Å². The minimum absolute atomic E-state index is 0.237. The molecule has 1 aliphatic rings. The fourth-order valence-electron chi connectivity index (χ4n) is 3.54. The predicted octanol–water partition coefficient (Wildman–Crippen LogP) is 2.72. The standard InChI is InChI=1S/C21H33N5O2S/c1-4-22-20(24-15-21(3,27)19-6-5-11-28-19)23-12-17-7-9-26(10-8-17)13-18-14-29-16(2)25-18/h5-6,11,14,17,27H,4,7-10,12-13,15H2,1-3H3,(H2,22,23,24). The lowest BCUT2D eigenvalue weighted by molar-refractivity contribution is 0.0437. The summed E-state index contributed by atoms with van der Waals surface area (Å²) in [4.78, 5) is 11.6. The number of aliphatic imine (C=N–C) groups is 1. The molecular weight excluding hydrogens is 386 g/mol. The molecule has 1 unspecified atom stereocenters. The molecule has 160 valence electrons. The number of nitrogens with zero attached hydrogens (tertiary/aromatic N) is 3. The number of guanidine groups is 1. The molecule has 7 nitrogen and oxygen atoms in total. The summed E-state index contributed by atoms with van der Waals surface area (Å²) in [6, 6.07) is 3.55. The SMILES string of the molecule is CCNC(=NCC(C)(O)c1ccco1)NCC1CCN(Cc2csc(C)n2)CC1. The maximum Gasteiger partial charge on any atom is 0.191 e. The molecule has 0 aliphatic carbocycles. The van der Waals surface area contributed by atoms with Gasteiger partial charge >= 0.3 is 0 Å². The molecule has 0 saturated carbocycles. The van der Waals surface area contributed by atoms with Crippen molar-refractivity contribution in [2.45, 2.75) is 45.8 Å². The average Bonchev–Trinajstić information content (AvgIpc) is 3.38. The first kappa shape index (κ1) is 21.8. The fraction of sp³-hybridized carbons (Fsp3) is 0.619. The van der Waals surface area contributed by atoms with Gasteiger partial charge in [-0.2, -0.15) is 0 Å². The lowest BCUT2D eigenvalue weighted by atomic mass is 9.97. The van der Waals surface area contributed by atoms with Gasteiger partial charge in [0.2, 0.25) is 0 Å². The minimum atomic E-state index is -1.12. The summed E-state index contributed by atoms with van der Waals surface area (Å²) in [6.07, 6.45) is 3.90.